The molecular formula is C19H24N2O5S. The molecule has 0 aliphatic rings. The molecule has 0 saturated carbocycles. The molecule has 0 heterocycles. The van der Waals surface area contributed by atoms with E-state index in [1.807, 2.05) is 0 Å². The lowest BCUT2D eigenvalue weighted by Gasteiger charge is -2.22. The SMILES string of the molecule is COCC(N)C(=O)NC(c1ccc(OC)cc1)c1cccc(S(C)(=O)=O)c1. The number of nitrogens with one attached hydrogen (secondary N) is 1. The number of ether oxygens (including phenoxy) is 2. The fourth-order valence-corrected chi connectivity index (χ4v) is 3.26. The summed E-state index contributed by atoms with van der Waals surface area (Å²) in [7, 11) is -0.357. The van der Waals surface area contributed by atoms with E-state index in [0.717, 1.165) is 11.8 Å². The normalized spacial score (nSPS) is 13.6. The lowest BCUT2D eigenvalue weighted by Crippen LogP contribution is -2.45. The average Bonchev–Trinajstić information content (AvgIpc) is 2.65. The monoisotopic (exact) mass is 392 g/mol. The van der Waals surface area contributed by atoms with Crippen molar-refractivity contribution in [3.05, 3.63) is 59.7 Å². The third kappa shape index (κ3) is 5.53. The molecular weight excluding hydrogens is 368 g/mol. The van der Waals surface area contributed by atoms with Gasteiger partial charge in [-0.15, -0.1) is 0 Å². The first-order valence-corrected chi connectivity index (χ1v) is 10.1. The van der Waals surface area contributed by atoms with E-state index in [9.17, 15) is 13.2 Å². The maximum Gasteiger partial charge on any atom is 0.240 e. The minimum Gasteiger partial charge on any atom is -0.497 e. The molecule has 146 valence electrons. The number of rotatable bonds is 8. The van der Waals surface area contributed by atoms with Gasteiger partial charge in [-0.25, -0.2) is 8.42 Å². The molecule has 3 N–H and O–H groups in total. The van der Waals surface area contributed by atoms with Crippen molar-refractivity contribution in [2.75, 3.05) is 27.1 Å². The smallest absolute Gasteiger partial charge is 0.240 e. The summed E-state index contributed by atoms with van der Waals surface area (Å²) in [5.41, 5.74) is 7.21. The number of amides is 1. The van der Waals surface area contributed by atoms with Gasteiger partial charge in [-0.2, -0.15) is 0 Å². The van der Waals surface area contributed by atoms with Gasteiger partial charge in [0, 0.05) is 13.4 Å². The molecule has 7 nitrogen and oxygen atoms in total. The van der Waals surface area contributed by atoms with Gasteiger partial charge in [0.25, 0.3) is 0 Å². The van der Waals surface area contributed by atoms with E-state index in [4.69, 9.17) is 15.2 Å². The lowest BCUT2D eigenvalue weighted by atomic mass is 9.98. The molecule has 2 rings (SSSR count). The second-order valence-electron chi connectivity index (χ2n) is 6.12. The van der Waals surface area contributed by atoms with E-state index in [1.165, 1.54) is 13.2 Å². The molecule has 8 heteroatoms. The van der Waals surface area contributed by atoms with Crippen LogP contribution in [0.2, 0.25) is 0 Å². The van der Waals surface area contributed by atoms with E-state index in [-0.39, 0.29) is 11.5 Å². The fraction of sp³-hybridized carbons (Fsp3) is 0.316. The highest BCUT2D eigenvalue weighted by Crippen LogP contribution is 2.26. The largest absolute Gasteiger partial charge is 0.497 e. The van der Waals surface area contributed by atoms with Crippen LogP contribution >= 0.6 is 0 Å². The minimum atomic E-state index is -3.38. The van der Waals surface area contributed by atoms with Crippen molar-refractivity contribution in [1.29, 1.82) is 0 Å². The number of benzene rings is 2. The van der Waals surface area contributed by atoms with E-state index < -0.39 is 27.8 Å². The van der Waals surface area contributed by atoms with Gasteiger partial charge in [-0.3, -0.25) is 4.79 Å². The zero-order valence-electron chi connectivity index (χ0n) is 15.5. The van der Waals surface area contributed by atoms with Gasteiger partial charge >= 0.3 is 0 Å². The second kappa shape index (κ2) is 8.98. The standard InChI is InChI=1S/C19H24N2O5S/c1-25-12-17(20)19(22)21-18(13-7-9-15(26-2)10-8-13)14-5-4-6-16(11-14)27(3,23)24/h4-11,17-18H,12,20H2,1-3H3,(H,21,22). The zero-order chi connectivity index (χ0) is 20.0. The van der Waals surface area contributed by atoms with Crippen LogP contribution in [0.3, 0.4) is 0 Å². The Kier molecular flexibility index (Phi) is 6.95. The number of hydrogen-bond donors (Lipinski definition) is 2. The van der Waals surface area contributed by atoms with Crippen molar-refractivity contribution in [2.45, 2.75) is 17.0 Å². The van der Waals surface area contributed by atoms with E-state index >= 15 is 0 Å². The quantitative estimate of drug-likeness (QED) is 0.701. The van der Waals surface area contributed by atoms with Crippen LogP contribution in [0.15, 0.2) is 53.4 Å². The Balaban J connectivity index is 2.44. The maximum atomic E-state index is 12.4. The summed E-state index contributed by atoms with van der Waals surface area (Å²) in [6.07, 6.45) is 1.14. The number of methoxy groups -OCH3 is 2. The summed E-state index contributed by atoms with van der Waals surface area (Å²) < 4.78 is 33.9. The first kappa shape index (κ1) is 20.9. The van der Waals surface area contributed by atoms with E-state index in [2.05, 4.69) is 5.32 Å². The van der Waals surface area contributed by atoms with Crippen LogP contribution in [0.1, 0.15) is 17.2 Å². The third-order valence-corrected chi connectivity index (χ3v) is 5.15. The molecule has 0 spiro atoms. The van der Waals surface area contributed by atoms with Crippen LogP contribution < -0.4 is 15.8 Å². The Hall–Kier alpha value is -2.42. The first-order valence-electron chi connectivity index (χ1n) is 8.25. The summed E-state index contributed by atoms with van der Waals surface area (Å²) >= 11 is 0. The molecule has 0 radical (unpaired) electrons. The third-order valence-electron chi connectivity index (χ3n) is 4.04. The van der Waals surface area contributed by atoms with Gasteiger partial charge < -0.3 is 20.5 Å². The highest BCUT2D eigenvalue weighted by atomic mass is 32.2. The summed E-state index contributed by atoms with van der Waals surface area (Å²) in [5, 5.41) is 2.87. The van der Waals surface area contributed by atoms with Gasteiger partial charge in [-0.05, 0) is 35.4 Å². The summed E-state index contributed by atoms with van der Waals surface area (Å²) in [4.78, 5) is 12.6. The van der Waals surface area contributed by atoms with Gasteiger partial charge in [0.05, 0.1) is 24.7 Å². The minimum absolute atomic E-state index is 0.0740. The highest BCUT2D eigenvalue weighted by Gasteiger charge is 2.22. The van der Waals surface area contributed by atoms with Crippen LogP contribution in [0.5, 0.6) is 5.75 Å². The summed E-state index contributed by atoms with van der Waals surface area (Å²) in [5.74, 6) is 0.271. The Morgan fingerprint density at radius 3 is 2.33 bits per heavy atom. The van der Waals surface area contributed by atoms with Crippen molar-refractivity contribution < 1.29 is 22.7 Å². The van der Waals surface area contributed by atoms with E-state index in [0.29, 0.717) is 11.3 Å². The van der Waals surface area contributed by atoms with Crippen LogP contribution in [0.25, 0.3) is 0 Å². The average molecular weight is 392 g/mol. The molecule has 2 atom stereocenters. The van der Waals surface area contributed by atoms with Gasteiger partial charge in [-0.1, -0.05) is 24.3 Å². The first-order chi connectivity index (χ1) is 12.8. The fourth-order valence-electron chi connectivity index (χ4n) is 2.58. The topological polar surface area (TPSA) is 108 Å². The van der Waals surface area contributed by atoms with Crippen molar-refractivity contribution in [2.24, 2.45) is 5.73 Å². The second-order valence-corrected chi connectivity index (χ2v) is 8.14. The Bertz CT molecular complexity index is 881. The molecule has 0 aliphatic carbocycles. The number of sulfone groups is 1. The number of hydrogen-bond acceptors (Lipinski definition) is 6. The Morgan fingerprint density at radius 1 is 1.11 bits per heavy atom. The molecule has 1 amide bonds. The number of carbonyl (C=O) groups is 1. The Labute approximate surface area is 159 Å². The summed E-state index contributed by atoms with van der Waals surface area (Å²) in [6, 6.07) is 12.2. The van der Waals surface area contributed by atoms with Crippen LogP contribution in [-0.2, 0) is 19.4 Å². The van der Waals surface area contributed by atoms with E-state index in [1.54, 1.807) is 49.6 Å². The predicted molar refractivity (Wildman–Crippen MR) is 102 cm³/mol. The zero-order valence-corrected chi connectivity index (χ0v) is 16.3. The molecule has 0 fully saturated rings. The lowest BCUT2D eigenvalue weighted by molar-refractivity contribution is -0.123. The van der Waals surface area contributed by atoms with Crippen LogP contribution in [0.4, 0.5) is 0 Å². The van der Waals surface area contributed by atoms with Crippen LogP contribution in [-0.4, -0.2) is 47.4 Å². The number of nitrogens with two attached hydrogens (primary N) is 1. The van der Waals surface area contributed by atoms with Crippen LogP contribution in [0, 0.1) is 0 Å². The molecule has 0 saturated heterocycles. The highest BCUT2D eigenvalue weighted by molar-refractivity contribution is 7.90. The Morgan fingerprint density at radius 2 is 1.78 bits per heavy atom. The van der Waals surface area contributed by atoms with Crippen molar-refractivity contribution in [3.63, 3.8) is 0 Å². The molecule has 2 aromatic rings. The molecule has 0 aliphatic heterocycles. The number of carbonyl (C=O) groups excluding carboxylic acids is 1. The van der Waals surface area contributed by atoms with Gasteiger partial charge in [0.1, 0.15) is 11.8 Å². The molecule has 0 bridgehead atoms. The van der Waals surface area contributed by atoms with Gasteiger partial charge in [0.15, 0.2) is 9.84 Å². The molecule has 0 aromatic heterocycles. The van der Waals surface area contributed by atoms with Gasteiger partial charge in [0.2, 0.25) is 5.91 Å². The molecule has 2 unspecified atom stereocenters. The van der Waals surface area contributed by atoms with Crippen molar-refractivity contribution >= 4 is 15.7 Å². The van der Waals surface area contributed by atoms with Crippen molar-refractivity contribution in [3.8, 4) is 5.75 Å². The maximum absolute atomic E-state index is 12.4. The molecule has 27 heavy (non-hydrogen) atoms. The molecule has 2 aromatic carbocycles. The predicted octanol–water partition coefficient (Wildman–Crippen LogP) is 1.28. The summed E-state index contributed by atoms with van der Waals surface area (Å²) in [6.45, 7) is 0.0740. The van der Waals surface area contributed by atoms with Crippen molar-refractivity contribution in [1.82, 2.24) is 5.32 Å².